The summed E-state index contributed by atoms with van der Waals surface area (Å²) in [4.78, 5) is 12.2. The molecular formula is C20H17ClF3N3O4S. The smallest absolute Gasteiger partial charge is 0.435 e. The topological polar surface area (TPSA) is 90.3 Å². The molecule has 0 bridgehead atoms. The maximum Gasteiger partial charge on any atom is 0.435 e. The lowest BCUT2D eigenvalue weighted by atomic mass is 10.3. The third-order valence-electron chi connectivity index (χ3n) is 4.40. The van der Waals surface area contributed by atoms with E-state index in [-0.39, 0.29) is 26.9 Å². The zero-order chi connectivity index (χ0) is 23.7. The van der Waals surface area contributed by atoms with Crippen molar-refractivity contribution in [1.82, 2.24) is 9.78 Å². The number of carbonyl (C=O) groups is 1. The van der Waals surface area contributed by atoms with Crippen LogP contribution in [0.25, 0.3) is 0 Å². The second-order valence-corrected chi connectivity index (χ2v) is 9.12. The number of methoxy groups -OCH3 is 1. The van der Waals surface area contributed by atoms with Crippen molar-refractivity contribution in [2.75, 3.05) is 12.4 Å². The molecule has 0 aliphatic rings. The Bertz CT molecular complexity index is 1260. The Morgan fingerprint density at radius 2 is 1.78 bits per heavy atom. The summed E-state index contributed by atoms with van der Waals surface area (Å²) in [6.45, 7) is 0.885. The Kier molecular flexibility index (Phi) is 6.51. The van der Waals surface area contributed by atoms with E-state index in [2.05, 4.69) is 10.4 Å². The van der Waals surface area contributed by atoms with E-state index in [9.17, 15) is 26.4 Å². The first kappa shape index (κ1) is 23.6. The predicted molar refractivity (Wildman–Crippen MR) is 110 cm³/mol. The molecule has 0 aliphatic carbocycles. The van der Waals surface area contributed by atoms with Crippen molar-refractivity contribution in [2.24, 2.45) is 0 Å². The van der Waals surface area contributed by atoms with E-state index < -0.39 is 34.2 Å². The fraction of sp³-hybridized carbons (Fsp3) is 0.200. The number of sulfone groups is 1. The number of nitrogens with one attached hydrogen (secondary N) is 1. The first-order valence-electron chi connectivity index (χ1n) is 9.01. The Morgan fingerprint density at radius 1 is 1.12 bits per heavy atom. The monoisotopic (exact) mass is 487 g/mol. The van der Waals surface area contributed by atoms with Crippen LogP contribution in [0.1, 0.15) is 11.4 Å². The molecule has 7 nitrogen and oxygen atoms in total. The lowest BCUT2D eigenvalue weighted by molar-refractivity contribution is -0.141. The van der Waals surface area contributed by atoms with Crippen molar-refractivity contribution in [3.63, 3.8) is 0 Å². The zero-order valence-corrected chi connectivity index (χ0v) is 18.3. The summed E-state index contributed by atoms with van der Waals surface area (Å²) >= 11 is 5.81. The highest BCUT2D eigenvalue weighted by atomic mass is 35.5. The van der Waals surface area contributed by atoms with Gasteiger partial charge in [-0.25, -0.2) is 8.42 Å². The predicted octanol–water partition coefficient (Wildman–Crippen LogP) is 4.34. The van der Waals surface area contributed by atoms with Gasteiger partial charge in [0.1, 0.15) is 12.3 Å². The van der Waals surface area contributed by atoms with Crippen LogP contribution in [0.4, 0.5) is 18.9 Å². The second kappa shape index (κ2) is 8.83. The van der Waals surface area contributed by atoms with E-state index in [1.165, 1.54) is 56.5 Å². The Balaban J connectivity index is 1.87. The fourth-order valence-corrected chi connectivity index (χ4v) is 4.26. The fourth-order valence-electron chi connectivity index (χ4n) is 2.81. The number of anilines is 1. The summed E-state index contributed by atoms with van der Waals surface area (Å²) in [5, 5.41) is 6.23. The van der Waals surface area contributed by atoms with E-state index in [4.69, 9.17) is 16.3 Å². The van der Waals surface area contributed by atoms with Crippen LogP contribution in [0.15, 0.2) is 58.3 Å². The van der Waals surface area contributed by atoms with Crippen molar-refractivity contribution in [1.29, 1.82) is 0 Å². The van der Waals surface area contributed by atoms with Gasteiger partial charge in [0.15, 0.2) is 5.69 Å². The van der Waals surface area contributed by atoms with Crippen LogP contribution < -0.4 is 10.1 Å². The number of benzene rings is 2. The molecule has 0 aliphatic heterocycles. The number of nitrogens with zero attached hydrogens (tertiary/aromatic N) is 2. The van der Waals surface area contributed by atoms with Crippen LogP contribution in [0, 0.1) is 6.92 Å². The first-order valence-corrected chi connectivity index (χ1v) is 10.9. The van der Waals surface area contributed by atoms with Gasteiger partial charge in [0.25, 0.3) is 0 Å². The van der Waals surface area contributed by atoms with Crippen molar-refractivity contribution >= 4 is 33.0 Å². The number of ether oxygens (including phenoxy) is 1. The Morgan fingerprint density at radius 3 is 2.34 bits per heavy atom. The van der Waals surface area contributed by atoms with Crippen LogP contribution in [0.5, 0.6) is 5.75 Å². The number of amides is 1. The highest BCUT2D eigenvalue weighted by Gasteiger charge is 2.34. The van der Waals surface area contributed by atoms with Gasteiger partial charge in [-0.05, 0) is 49.4 Å². The number of hydrogen-bond donors (Lipinski definition) is 1. The van der Waals surface area contributed by atoms with Crippen LogP contribution in [-0.4, -0.2) is 31.2 Å². The molecule has 1 amide bonds. The Labute approximate surface area is 186 Å². The molecule has 0 fully saturated rings. The molecule has 0 unspecified atom stereocenters. The first-order chi connectivity index (χ1) is 14.9. The minimum absolute atomic E-state index is 0.0146. The van der Waals surface area contributed by atoms with Crippen LogP contribution >= 0.6 is 11.6 Å². The number of aromatic nitrogens is 2. The van der Waals surface area contributed by atoms with Gasteiger partial charge in [-0.3, -0.25) is 9.48 Å². The van der Waals surface area contributed by atoms with Crippen LogP contribution in [0.2, 0.25) is 5.02 Å². The van der Waals surface area contributed by atoms with Gasteiger partial charge in [-0.1, -0.05) is 11.6 Å². The summed E-state index contributed by atoms with van der Waals surface area (Å²) in [6, 6.07) is 10.3. The summed E-state index contributed by atoms with van der Waals surface area (Å²) in [5.74, 6) is -0.544. The van der Waals surface area contributed by atoms with Gasteiger partial charge in [0, 0.05) is 22.5 Å². The van der Waals surface area contributed by atoms with E-state index in [1.807, 2.05) is 0 Å². The number of halogens is 4. The number of carbonyl (C=O) groups excluding carboxylic acids is 1. The zero-order valence-electron chi connectivity index (χ0n) is 16.8. The quantitative estimate of drug-likeness (QED) is 0.558. The summed E-state index contributed by atoms with van der Waals surface area (Å²) in [5.41, 5.74) is -0.882. The van der Waals surface area contributed by atoms with Crippen LogP contribution in [0.3, 0.4) is 0 Å². The molecular weight excluding hydrogens is 471 g/mol. The molecule has 2 aromatic carbocycles. The largest absolute Gasteiger partial charge is 0.497 e. The van der Waals surface area contributed by atoms with E-state index in [0.29, 0.717) is 5.02 Å². The summed E-state index contributed by atoms with van der Waals surface area (Å²) < 4.78 is 70.4. The lowest BCUT2D eigenvalue weighted by Crippen LogP contribution is -2.21. The van der Waals surface area contributed by atoms with Crippen molar-refractivity contribution in [2.45, 2.75) is 29.4 Å². The number of rotatable bonds is 6. The lowest BCUT2D eigenvalue weighted by Gasteiger charge is -2.12. The average molecular weight is 488 g/mol. The highest BCUT2D eigenvalue weighted by Crippen LogP contribution is 2.30. The molecule has 0 saturated carbocycles. The minimum Gasteiger partial charge on any atom is -0.497 e. The second-order valence-electron chi connectivity index (χ2n) is 6.73. The third-order valence-corrected chi connectivity index (χ3v) is 6.40. The summed E-state index contributed by atoms with van der Waals surface area (Å²) in [7, 11) is -2.63. The van der Waals surface area contributed by atoms with Crippen molar-refractivity contribution in [3.05, 3.63) is 64.9 Å². The summed E-state index contributed by atoms with van der Waals surface area (Å²) in [6.07, 6.45) is -4.63. The molecule has 32 heavy (non-hydrogen) atoms. The maximum atomic E-state index is 13.0. The number of hydrogen-bond acceptors (Lipinski definition) is 5. The maximum absolute atomic E-state index is 13.0. The third kappa shape index (κ3) is 5.22. The molecule has 0 saturated heterocycles. The normalized spacial score (nSPS) is 11.9. The molecule has 1 aromatic heterocycles. The Hall–Kier alpha value is -3.05. The van der Waals surface area contributed by atoms with E-state index >= 15 is 0 Å². The molecule has 3 rings (SSSR count). The van der Waals surface area contributed by atoms with Gasteiger partial charge in [-0.2, -0.15) is 18.3 Å². The molecule has 12 heteroatoms. The van der Waals surface area contributed by atoms with E-state index in [1.54, 1.807) is 0 Å². The molecule has 0 radical (unpaired) electrons. The molecule has 1 N–H and O–H groups in total. The van der Waals surface area contributed by atoms with Gasteiger partial charge >= 0.3 is 6.18 Å². The molecule has 0 atom stereocenters. The SMILES string of the molecule is COc1cc(NC(=O)Cn2nc(C(F)(F)F)cc2C)cc(S(=O)(=O)c2ccc(Cl)cc2)c1. The van der Waals surface area contributed by atoms with Crippen molar-refractivity contribution in [3.8, 4) is 5.75 Å². The minimum atomic E-state index is -4.63. The average Bonchev–Trinajstić information content (AvgIpc) is 3.08. The van der Waals surface area contributed by atoms with Crippen LogP contribution in [-0.2, 0) is 27.4 Å². The van der Waals surface area contributed by atoms with Gasteiger partial charge in [-0.15, -0.1) is 0 Å². The van der Waals surface area contributed by atoms with E-state index in [0.717, 1.165) is 10.7 Å². The van der Waals surface area contributed by atoms with Gasteiger partial charge < -0.3 is 10.1 Å². The molecule has 3 aromatic rings. The molecule has 1 heterocycles. The molecule has 170 valence electrons. The standard InChI is InChI=1S/C20H17ClF3N3O4S/c1-12-7-18(20(22,23)24)26-27(12)11-19(28)25-14-8-15(31-2)10-17(9-14)32(29,30)16-5-3-13(21)4-6-16/h3-10H,11H2,1-2H3,(H,25,28). The highest BCUT2D eigenvalue weighted by molar-refractivity contribution is 7.91. The van der Waals surface area contributed by atoms with Crippen molar-refractivity contribution < 1.29 is 31.1 Å². The van der Waals surface area contributed by atoms with Gasteiger partial charge in [0.05, 0.1) is 16.9 Å². The molecule has 0 spiro atoms. The number of alkyl halides is 3. The van der Waals surface area contributed by atoms with Gasteiger partial charge in [0.2, 0.25) is 15.7 Å². The number of aryl methyl sites for hydroxylation is 1.